The summed E-state index contributed by atoms with van der Waals surface area (Å²) in [6, 6.07) is 5.31. The second kappa shape index (κ2) is 5.92. The van der Waals surface area contributed by atoms with Crippen molar-refractivity contribution in [3.63, 3.8) is 0 Å². The van der Waals surface area contributed by atoms with Crippen molar-refractivity contribution < 1.29 is 14.8 Å². The first-order valence-corrected chi connectivity index (χ1v) is 5.71. The maximum atomic E-state index is 9.08. The van der Waals surface area contributed by atoms with E-state index < -0.39 is 7.12 Å². The smallest absolute Gasteiger partial charge is 0.488 e. The lowest BCUT2D eigenvalue weighted by Gasteiger charge is -2.16. The molecule has 0 aliphatic carbocycles. The van der Waals surface area contributed by atoms with Gasteiger partial charge in [0.25, 0.3) is 0 Å². The van der Waals surface area contributed by atoms with Crippen LogP contribution in [-0.4, -0.2) is 23.3 Å². The molecule has 0 heterocycles. The van der Waals surface area contributed by atoms with Gasteiger partial charge in [0.2, 0.25) is 0 Å². The monoisotopic (exact) mass is 222 g/mol. The molecule has 0 spiro atoms. The minimum Gasteiger partial charge on any atom is -0.490 e. The molecular formula is C12H19BO3. The average molecular weight is 222 g/mol. The highest BCUT2D eigenvalue weighted by molar-refractivity contribution is 6.59. The number of aryl methyl sites for hydroxylation is 1. The van der Waals surface area contributed by atoms with E-state index >= 15 is 0 Å². The first-order valence-electron chi connectivity index (χ1n) is 5.71. The molecule has 0 radical (unpaired) electrons. The topological polar surface area (TPSA) is 49.7 Å². The fourth-order valence-corrected chi connectivity index (χ4v) is 1.66. The van der Waals surface area contributed by atoms with Crippen molar-refractivity contribution in [3.8, 4) is 5.75 Å². The summed E-state index contributed by atoms with van der Waals surface area (Å²) in [7, 11) is -1.41. The SMILES string of the molecule is CCC(CC)Oc1ccc(B(O)O)c(C)c1. The Morgan fingerprint density at radius 1 is 1.25 bits per heavy atom. The molecule has 0 saturated heterocycles. The number of benzene rings is 1. The molecular weight excluding hydrogens is 203 g/mol. The van der Waals surface area contributed by atoms with Crippen LogP contribution >= 0.6 is 0 Å². The molecule has 88 valence electrons. The Balaban J connectivity index is 2.80. The molecule has 0 amide bonds. The van der Waals surface area contributed by atoms with Crippen molar-refractivity contribution in [3.05, 3.63) is 23.8 Å². The Morgan fingerprint density at radius 2 is 1.88 bits per heavy atom. The van der Waals surface area contributed by atoms with E-state index in [1.165, 1.54) is 0 Å². The number of hydrogen-bond acceptors (Lipinski definition) is 3. The van der Waals surface area contributed by atoms with Crippen molar-refractivity contribution >= 4 is 12.6 Å². The first kappa shape index (κ1) is 13.1. The van der Waals surface area contributed by atoms with Gasteiger partial charge in [-0.05, 0) is 42.9 Å². The summed E-state index contributed by atoms with van der Waals surface area (Å²) in [6.07, 6.45) is 2.17. The lowest BCUT2D eigenvalue weighted by atomic mass is 9.77. The minimum atomic E-state index is -1.41. The van der Waals surface area contributed by atoms with Gasteiger partial charge in [0.05, 0.1) is 6.10 Å². The Morgan fingerprint density at radius 3 is 2.31 bits per heavy atom. The van der Waals surface area contributed by atoms with Gasteiger partial charge in [0.15, 0.2) is 0 Å². The van der Waals surface area contributed by atoms with E-state index in [-0.39, 0.29) is 6.10 Å². The second-order valence-corrected chi connectivity index (χ2v) is 3.95. The fraction of sp³-hybridized carbons (Fsp3) is 0.500. The van der Waals surface area contributed by atoms with Gasteiger partial charge in [-0.15, -0.1) is 0 Å². The van der Waals surface area contributed by atoms with Gasteiger partial charge in [0.1, 0.15) is 5.75 Å². The van der Waals surface area contributed by atoms with E-state index in [0.29, 0.717) is 5.46 Å². The lowest BCUT2D eigenvalue weighted by molar-refractivity contribution is 0.193. The fourth-order valence-electron chi connectivity index (χ4n) is 1.66. The third-order valence-corrected chi connectivity index (χ3v) is 2.73. The molecule has 0 atom stereocenters. The van der Waals surface area contributed by atoms with Crippen LogP contribution < -0.4 is 10.2 Å². The summed E-state index contributed by atoms with van der Waals surface area (Å²) in [5.41, 5.74) is 1.36. The van der Waals surface area contributed by atoms with Crippen LogP contribution in [-0.2, 0) is 0 Å². The highest BCUT2D eigenvalue weighted by Gasteiger charge is 2.14. The largest absolute Gasteiger partial charge is 0.490 e. The summed E-state index contributed by atoms with van der Waals surface area (Å²) in [5, 5.41) is 18.2. The van der Waals surface area contributed by atoms with E-state index in [0.717, 1.165) is 24.2 Å². The van der Waals surface area contributed by atoms with Gasteiger partial charge < -0.3 is 14.8 Å². The molecule has 4 heteroatoms. The van der Waals surface area contributed by atoms with Crippen LogP contribution in [0.4, 0.5) is 0 Å². The van der Waals surface area contributed by atoms with E-state index in [9.17, 15) is 0 Å². The maximum absolute atomic E-state index is 9.08. The van der Waals surface area contributed by atoms with Crippen LogP contribution in [0, 0.1) is 6.92 Å². The molecule has 0 bridgehead atoms. The summed E-state index contributed by atoms with van der Waals surface area (Å²) in [6.45, 7) is 6.02. The summed E-state index contributed by atoms with van der Waals surface area (Å²) >= 11 is 0. The van der Waals surface area contributed by atoms with Crippen molar-refractivity contribution in [2.24, 2.45) is 0 Å². The summed E-state index contributed by atoms with van der Waals surface area (Å²) in [4.78, 5) is 0. The minimum absolute atomic E-state index is 0.226. The van der Waals surface area contributed by atoms with Crippen LogP contribution in [0.5, 0.6) is 5.75 Å². The van der Waals surface area contributed by atoms with Crippen LogP contribution in [0.15, 0.2) is 18.2 Å². The first-order chi connectivity index (χ1) is 7.58. The lowest BCUT2D eigenvalue weighted by Crippen LogP contribution is -2.32. The van der Waals surface area contributed by atoms with E-state index in [4.69, 9.17) is 14.8 Å². The highest BCUT2D eigenvalue weighted by atomic mass is 16.5. The quantitative estimate of drug-likeness (QED) is 0.737. The summed E-state index contributed by atoms with van der Waals surface area (Å²) < 4.78 is 5.77. The third-order valence-electron chi connectivity index (χ3n) is 2.73. The zero-order valence-electron chi connectivity index (χ0n) is 10.1. The Labute approximate surface area is 97.2 Å². The highest BCUT2D eigenvalue weighted by Crippen LogP contribution is 2.15. The van der Waals surface area contributed by atoms with E-state index in [1.54, 1.807) is 12.1 Å². The molecule has 1 rings (SSSR count). The molecule has 16 heavy (non-hydrogen) atoms. The van der Waals surface area contributed by atoms with Crippen molar-refractivity contribution in [1.29, 1.82) is 0 Å². The molecule has 0 aliphatic heterocycles. The van der Waals surface area contributed by atoms with Gasteiger partial charge in [-0.3, -0.25) is 0 Å². The molecule has 0 aliphatic rings. The van der Waals surface area contributed by atoms with Crippen LogP contribution in [0.2, 0.25) is 0 Å². The predicted molar refractivity (Wildman–Crippen MR) is 66.0 cm³/mol. The summed E-state index contributed by atoms with van der Waals surface area (Å²) in [5.74, 6) is 0.788. The van der Waals surface area contributed by atoms with Gasteiger partial charge >= 0.3 is 7.12 Å². The van der Waals surface area contributed by atoms with Gasteiger partial charge in [0, 0.05) is 0 Å². The molecule has 0 aromatic heterocycles. The molecule has 0 saturated carbocycles. The van der Waals surface area contributed by atoms with Crippen LogP contribution in [0.3, 0.4) is 0 Å². The zero-order chi connectivity index (χ0) is 12.1. The normalized spacial score (nSPS) is 10.6. The van der Waals surface area contributed by atoms with Crippen molar-refractivity contribution in [1.82, 2.24) is 0 Å². The molecule has 0 unspecified atom stereocenters. The number of ether oxygens (including phenoxy) is 1. The molecule has 1 aromatic rings. The van der Waals surface area contributed by atoms with Crippen molar-refractivity contribution in [2.45, 2.75) is 39.7 Å². The van der Waals surface area contributed by atoms with Crippen LogP contribution in [0.1, 0.15) is 32.3 Å². The number of hydrogen-bond donors (Lipinski definition) is 2. The Hall–Kier alpha value is -0.995. The second-order valence-electron chi connectivity index (χ2n) is 3.95. The number of rotatable bonds is 5. The van der Waals surface area contributed by atoms with Crippen molar-refractivity contribution in [2.75, 3.05) is 0 Å². The van der Waals surface area contributed by atoms with E-state index in [2.05, 4.69) is 13.8 Å². The molecule has 3 nitrogen and oxygen atoms in total. The molecule has 2 N–H and O–H groups in total. The van der Waals surface area contributed by atoms with Crippen LogP contribution in [0.25, 0.3) is 0 Å². The van der Waals surface area contributed by atoms with Gasteiger partial charge in [-0.25, -0.2) is 0 Å². The predicted octanol–water partition coefficient (Wildman–Crippen LogP) is 1.24. The third kappa shape index (κ3) is 3.25. The standard InChI is InChI=1S/C12H19BO3/c1-4-10(5-2)16-11-6-7-12(13(14)15)9(3)8-11/h6-8,10,14-15H,4-5H2,1-3H3. The molecule has 0 fully saturated rings. The Bertz CT molecular complexity index is 335. The molecule has 1 aromatic carbocycles. The Kier molecular flexibility index (Phi) is 4.84. The van der Waals surface area contributed by atoms with Gasteiger partial charge in [-0.2, -0.15) is 0 Å². The zero-order valence-corrected chi connectivity index (χ0v) is 10.1. The maximum Gasteiger partial charge on any atom is 0.488 e. The van der Waals surface area contributed by atoms with Gasteiger partial charge in [-0.1, -0.05) is 19.9 Å². The van der Waals surface area contributed by atoms with E-state index in [1.807, 2.05) is 13.0 Å². The average Bonchev–Trinajstić information content (AvgIpc) is 2.25.